The van der Waals surface area contributed by atoms with Gasteiger partial charge < -0.3 is 15.5 Å². The van der Waals surface area contributed by atoms with Crippen molar-refractivity contribution in [1.29, 1.82) is 0 Å². The number of hydrogen-bond donors (Lipinski definition) is 2. The van der Waals surface area contributed by atoms with E-state index in [1.165, 1.54) is 6.42 Å². The van der Waals surface area contributed by atoms with Crippen molar-refractivity contribution in [2.24, 2.45) is 0 Å². The summed E-state index contributed by atoms with van der Waals surface area (Å²) in [6.45, 7) is 1.15. The fourth-order valence-electron chi connectivity index (χ4n) is 3.54. The molecular formula is C17H24F3N5O. The lowest BCUT2D eigenvalue weighted by molar-refractivity contribution is -0.141. The molecule has 2 heterocycles. The number of alkyl halides is 3. The average Bonchev–Trinajstić information content (AvgIpc) is 2.63. The average molecular weight is 371 g/mol. The number of aromatic nitrogens is 2. The minimum absolute atomic E-state index is 0.00952. The quantitative estimate of drug-likeness (QED) is 0.854. The molecule has 26 heavy (non-hydrogen) atoms. The highest BCUT2D eigenvalue weighted by atomic mass is 19.4. The zero-order valence-corrected chi connectivity index (χ0v) is 14.6. The van der Waals surface area contributed by atoms with Crippen LogP contribution in [0.4, 0.5) is 23.8 Å². The molecule has 0 spiro atoms. The maximum absolute atomic E-state index is 12.7. The summed E-state index contributed by atoms with van der Waals surface area (Å²) in [5.74, 6) is 0.164. The van der Waals surface area contributed by atoms with Gasteiger partial charge in [0.1, 0.15) is 17.8 Å². The van der Waals surface area contributed by atoms with E-state index in [1.807, 2.05) is 0 Å². The SMILES string of the molecule is O=C(NC1CCCCC1)N1CCC(Nc2cc(C(F)(F)F)ncn2)CC1. The van der Waals surface area contributed by atoms with Crippen molar-refractivity contribution in [3.8, 4) is 0 Å². The molecule has 144 valence electrons. The van der Waals surface area contributed by atoms with E-state index in [9.17, 15) is 18.0 Å². The van der Waals surface area contributed by atoms with Crippen LogP contribution in [0.3, 0.4) is 0 Å². The van der Waals surface area contributed by atoms with Gasteiger partial charge in [-0.1, -0.05) is 19.3 Å². The maximum Gasteiger partial charge on any atom is 0.433 e. The van der Waals surface area contributed by atoms with Crippen molar-refractivity contribution in [3.63, 3.8) is 0 Å². The molecule has 0 radical (unpaired) electrons. The van der Waals surface area contributed by atoms with Gasteiger partial charge in [-0.05, 0) is 25.7 Å². The molecule has 1 aliphatic carbocycles. The summed E-state index contributed by atoms with van der Waals surface area (Å²) >= 11 is 0. The molecule has 1 aliphatic heterocycles. The summed E-state index contributed by atoms with van der Waals surface area (Å²) < 4.78 is 38.1. The topological polar surface area (TPSA) is 70.2 Å². The third kappa shape index (κ3) is 4.98. The minimum Gasteiger partial charge on any atom is -0.367 e. The van der Waals surface area contributed by atoms with Crippen LogP contribution in [-0.2, 0) is 6.18 Å². The lowest BCUT2D eigenvalue weighted by Gasteiger charge is -2.34. The van der Waals surface area contributed by atoms with E-state index in [4.69, 9.17) is 0 Å². The molecule has 2 N–H and O–H groups in total. The van der Waals surface area contributed by atoms with Crippen molar-refractivity contribution >= 4 is 11.8 Å². The Balaban J connectivity index is 1.47. The van der Waals surface area contributed by atoms with Crippen LogP contribution >= 0.6 is 0 Å². The lowest BCUT2D eigenvalue weighted by Crippen LogP contribution is -2.49. The van der Waals surface area contributed by atoms with E-state index in [2.05, 4.69) is 20.6 Å². The standard InChI is InChI=1S/C17H24F3N5O/c18-17(19,20)14-10-15(22-11-21-14)23-13-6-8-25(9-7-13)16(26)24-12-4-2-1-3-5-12/h10-13H,1-9H2,(H,24,26)(H,21,22,23). The lowest BCUT2D eigenvalue weighted by atomic mass is 9.95. The molecule has 1 aromatic heterocycles. The van der Waals surface area contributed by atoms with Gasteiger partial charge in [-0.25, -0.2) is 14.8 Å². The molecule has 0 aromatic carbocycles. The fraction of sp³-hybridized carbons (Fsp3) is 0.706. The summed E-state index contributed by atoms with van der Waals surface area (Å²) in [7, 11) is 0. The molecule has 0 bridgehead atoms. The number of carbonyl (C=O) groups is 1. The molecule has 3 rings (SSSR count). The molecule has 0 unspecified atom stereocenters. The molecule has 1 saturated carbocycles. The Kier molecular flexibility index (Phi) is 5.83. The monoisotopic (exact) mass is 371 g/mol. The van der Waals surface area contributed by atoms with Crippen LogP contribution in [-0.4, -0.2) is 46.1 Å². The first-order chi connectivity index (χ1) is 12.4. The number of carbonyl (C=O) groups excluding carboxylic acids is 1. The molecular weight excluding hydrogens is 347 g/mol. The number of likely N-dealkylation sites (tertiary alicyclic amines) is 1. The third-order valence-corrected chi connectivity index (χ3v) is 5.02. The van der Waals surface area contributed by atoms with Gasteiger partial charge in [0.2, 0.25) is 0 Å². The van der Waals surface area contributed by atoms with Gasteiger partial charge in [0.15, 0.2) is 0 Å². The van der Waals surface area contributed by atoms with Crippen LogP contribution in [0.25, 0.3) is 0 Å². The maximum atomic E-state index is 12.7. The molecule has 2 amide bonds. The highest BCUT2D eigenvalue weighted by molar-refractivity contribution is 5.74. The van der Waals surface area contributed by atoms with Gasteiger partial charge in [-0.15, -0.1) is 0 Å². The largest absolute Gasteiger partial charge is 0.433 e. The van der Waals surface area contributed by atoms with E-state index in [-0.39, 0.29) is 23.9 Å². The highest BCUT2D eigenvalue weighted by Crippen LogP contribution is 2.28. The van der Waals surface area contributed by atoms with E-state index in [0.717, 1.165) is 38.1 Å². The summed E-state index contributed by atoms with van der Waals surface area (Å²) in [6.07, 6.45) is 3.41. The minimum atomic E-state index is -4.49. The smallest absolute Gasteiger partial charge is 0.367 e. The third-order valence-electron chi connectivity index (χ3n) is 5.02. The van der Waals surface area contributed by atoms with Gasteiger partial charge >= 0.3 is 12.2 Å². The number of halogens is 3. The van der Waals surface area contributed by atoms with E-state index in [1.54, 1.807) is 4.90 Å². The van der Waals surface area contributed by atoms with Crippen molar-refractivity contribution in [3.05, 3.63) is 18.1 Å². The Morgan fingerprint density at radius 2 is 1.73 bits per heavy atom. The number of rotatable bonds is 3. The second kappa shape index (κ2) is 8.09. The molecule has 2 fully saturated rings. The summed E-state index contributed by atoms with van der Waals surface area (Å²) in [4.78, 5) is 21.2. The number of urea groups is 1. The van der Waals surface area contributed by atoms with E-state index in [0.29, 0.717) is 25.9 Å². The molecule has 1 saturated heterocycles. The fourth-order valence-corrected chi connectivity index (χ4v) is 3.54. The highest BCUT2D eigenvalue weighted by Gasteiger charge is 2.33. The Morgan fingerprint density at radius 3 is 2.38 bits per heavy atom. The normalized spacial score (nSPS) is 20.0. The van der Waals surface area contributed by atoms with E-state index < -0.39 is 11.9 Å². The van der Waals surface area contributed by atoms with Crippen LogP contribution in [0, 0.1) is 0 Å². The number of anilines is 1. The van der Waals surface area contributed by atoms with Gasteiger partial charge in [0.05, 0.1) is 0 Å². The van der Waals surface area contributed by atoms with Gasteiger partial charge in [-0.3, -0.25) is 0 Å². The van der Waals surface area contributed by atoms with Crippen LogP contribution in [0.2, 0.25) is 0 Å². The van der Waals surface area contributed by atoms with Crippen molar-refractivity contribution in [1.82, 2.24) is 20.2 Å². The molecule has 9 heteroatoms. The first-order valence-electron chi connectivity index (χ1n) is 9.13. The Labute approximate surface area is 150 Å². The second-order valence-electron chi connectivity index (χ2n) is 6.98. The summed E-state index contributed by atoms with van der Waals surface area (Å²) in [5.41, 5.74) is -0.959. The zero-order chi connectivity index (χ0) is 18.6. The van der Waals surface area contributed by atoms with Crippen LogP contribution in [0.1, 0.15) is 50.6 Å². The first-order valence-corrected chi connectivity index (χ1v) is 9.13. The summed E-state index contributed by atoms with van der Waals surface area (Å²) in [6, 6.07) is 1.15. The van der Waals surface area contributed by atoms with Crippen molar-refractivity contribution < 1.29 is 18.0 Å². The van der Waals surface area contributed by atoms with Crippen LogP contribution in [0.5, 0.6) is 0 Å². The van der Waals surface area contributed by atoms with Crippen molar-refractivity contribution in [2.45, 2.75) is 63.2 Å². The molecule has 0 atom stereocenters. The van der Waals surface area contributed by atoms with Crippen LogP contribution in [0.15, 0.2) is 12.4 Å². The summed E-state index contributed by atoms with van der Waals surface area (Å²) in [5, 5.41) is 6.12. The van der Waals surface area contributed by atoms with Crippen LogP contribution < -0.4 is 10.6 Å². The second-order valence-corrected chi connectivity index (χ2v) is 6.98. The molecule has 6 nitrogen and oxygen atoms in total. The van der Waals surface area contributed by atoms with Gasteiger partial charge in [-0.2, -0.15) is 13.2 Å². The predicted octanol–water partition coefficient (Wildman–Crippen LogP) is 3.41. The number of nitrogens with zero attached hydrogens (tertiary/aromatic N) is 3. The number of piperidine rings is 1. The van der Waals surface area contributed by atoms with E-state index >= 15 is 0 Å². The first kappa shape index (κ1) is 18.7. The Hall–Kier alpha value is -2.06. The predicted molar refractivity (Wildman–Crippen MR) is 90.7 cm³/mol. The van der Waals surface area contributed by atoms with Gasteiger partial charge in [0, 0.05) is 31.2 Å². The number of nitrogens with one attached hydrogen (secondary N) is 2. The Morgan fingerprint density at radius 1 is 1.04 bits per heavy atom. The van der Waals surface area contributed by atoms with Gasteiger partial charge in [0.25, 0.3) is 0 Å². The number of hydrogen-bond acceptors (Lipinski definition) is 4. The van der Waals surface area contributed by atoms with Crippen molar-refractivity contribution in [2.75, 3.05) is 18.4 Å². The molecule has 1 aromatic rings. The molecule has 2 aliphatic rings. The number of amides is 2. The zero-order valence-electron chi connectivity index (χ0n) is 14.6. The Bertz CT molecular complexity index is 611.